The third-order valence-corrected chi connectivity index (χ3v) is 12.1. The van der Waals surface area contributed by atoms with Crippen LogP contribution in [0.3, 0.4) is 0 Å². The average Bonchev–Trinajstić information content (AvgIpc) is 3.74. The van der Waals surface area contributed by atoms with E-state index in [1.165, 1.54) is 0 Å². The lowest BCUT2D eigenvalue weighted by molar-refractivity contribution is -0.143. The molecule has 0 bridgehead atoms. The van der Waals surface area contributed by atoms with E-state index < -0.39 is 5.97 Å². The number of nitrogens with one attached hydrogen (secondary N) is 2. The van der Waals surface area contributed by atoms with Gasteiger partial charge in [0.25, 0.3) is 5.91 Å². The van der Waals surface area contributed by atoms with Gasteiger partial charge in [0, 0.05) is 87.5 Å². The van der Waals surface area contributed by atoms with Crippen LogP contribution < -0.4 is 10.6 Å². The van der Waals surface area contributed by atoms with Crippen LogP contribution in [0.15, 0.2) is 60.9 Å². The standard InChI is InChI=1S/C42H47ClN8O4/c1-25-31(5-3-7-33(25)46-39-38-29(13-16-44-39)19-27(20-45-38)22-50-17-14-30(52)23-50)32-6-4-8-34(37(32)43)48-41(53)40-47-35-24-51(18-15-36(35)49(40)2)21-26-9-11-28(12-10-26)42(54)55/h3-8,13,16,19-20,26,28,30,52H,9-12,14-15,17-18,21-24H2,1-2H3,(H,44,46)(H,48,53)(H,54,55). The lowest BCUT2D eigenvalue weighted by Gasteiger charge is -2.33. The fourth-order valence-corrected chi connectivity index (χ4v) is 8.88. The number of anilines is 3. The summed E-state index contributed by atoms with van der Waals surface area (Å²) in [5, 5.41) is 27.2. The quantitative estimate of drug-likeness (QED) is 0.120. The highest BCUT2D eigenvalue weighted by atomic mass is 35.5. The second-order valence-corrected chi connectivity index (χ2v) is 15.8. The van der Waals surface area contributed by atoms with Crippen molar-refractivity contribution in [1.82, 2.24) is 29.3 Å². The fourth-order valence-electron chi connectivity index (χ4n) is 8.60. The number of benzene rings is 2. The van der Waals surface area contributed by atoms with Gasteiger partial charge in [0.15, 0.2) is 11.6 Å². The monoisotopic (exact) mass is 762 g/mol. The van der Waals surface area contributed by atoms with Crippen LogP contribution in [0.5, 0.6) is 0 Å². The molecule has 5 aromatic rings. The molecule has 1 amide bonds. The number of fused-ring (bicyclic) bond motifs is 2. The number of aliphatic carboxylic acids is 1. The van der Waals surface area contributed by atoms with Gasteiger partial charge in [-0.1, -0.05) is 35.9 Å². The van der Waals surface area contributed by atoms with E-state index in [0.717, 1.165) is 115 Å². The predicted octanol–water partition coefficient (Wildman–Crippen LogP) is 6.80. The van der Waals surface area contributed by atoms with E-state index in [-0.39, 0.29) is 17.9 Å². The molecule has 55 heavy (non-hydrogen) atoms. The molecule has 3 aliphatic rings. The maximum absolute atomic E-state index is 13.7. The summed E-state index contributed by atoms with van der Waals surface area (Å²) < 4.78 is 1.90. The Morgan fingerprint density at radius 1 is 0.964 bits per heavy atom. The third-order valence-electron chi connectivity index (χ3n) is 11.7. The molecule has 286 valence electrons. The van der Waals surface area contributed by atoms with Gasteiger partial charge in [0.2, 0.25) is 0 Å². The van der Waals surface area contributed by atoms with Crippen molar-refractivity contribution in [3.05, 3.63) is 94.3 Å². The molecule has 5 heterocycles. The molecule has 13 heteroatoms. The van der Waals surface area contributed by atoms with E-state index in [2.05, 4.69) is 31.5 Å². The summed E-state index contributed by atoms with van der Waals surface area (Å²) in [6.45, 7) is 6.81. The Labute approximate surface area is 325 Å². The number of hydrogen-bond acceptors (Lipinski definition) is 9. The van der Waals surface area contributed by atoms with Crippen LogP contribution in [0.4, 0.5) is 17.2 Å². The normalized spacial score (nSPS) is 20.4. The van der Waals surface area contributed by atoms with Crippen molar-refractivity contribution in [3.8, 4) is 11.1 Å². The number of nitrogens with zero attached hydrogens (tertiary/aromatic N) is 6. The number of aliphatic hydroxyl groups excluding tert-OH is 1. The third kappa shape index (κ3) is 7.82. The van der Waals surface area contributed by atoms with Gasteiger partial charge in [0.05, 0.1) is 28.4 Å². The number of carbonyl (C=O) groups is 2. The van der Waals surface area contributed by atoms with E-state index in [0.29, 0.717) is 41.4 Å². The van der Waals surface area contributed by atoms with Crippen LogP contribution in [0.2, 0.25) is 5.02 Å². The van der Waals surface area contributed by atoms with Crippen LogP contribution in [-0.2, 0) is 31.4 Å². The van der Waals surface area contributed by atoms with Crippen molar-refractivity contribution in [1.29, 1.82) is 0 Å². The molecular formula is C42H47ClN8O4. The largest absolute Gasteiger partial charge is 0.481 e. The van der Waals surface area contributed by atoms with Crippen LogP contribution in [0.1, 0.15) is 65.2 Å². The Morgan fingerprint density at radius 2 is 1.75 bits per heavy atom. The zero-order chi connectivity index (χ0) is 38.2. The van der Waals surface area contributed by atoms with Gasteiger partial charge < -0.3 is 25.4 Å². The summed E-state index contributed by atoms with van der Waals surface area (Å²) in [6, 6.07) is 15.7. The number of carboxylic acids is 1. The lowest BCUT2D eigenvalue weighted by Crippen LogP contribution is -2.36. The molecule has 1 unspecified atom stereocenters. The molecule has 0 radical (unpaired) electrons. The minimum atomic E-state index is -0.676. The predicted molar refractivity (Wildman–Crippen MR) is 214 cm³/mol. The van der Waals surface area contributed by atoms with E-state index >= 15 is 0 Å². The molecule has 3 aromatic heterocycles. The molecule has 1 saturated heterocycles. The Morgan fingerprint density at radius 3 is 2.51 bits per heavy atom. The number of carboxylic acid groups (broad SMARTS) is 1. The van der Waals surface area contributed by atoms with Gasteiger partial charge in [-0.2, -0.15) is 0 Å². The summed E-state index contributed by atoms with van der Waals surface area (Å²) in [5.41, 5.74) is 7.87. The maximum Gasteiger partial charge on any atom is 0.306 e. The number of imidazole rings is 1. The van der Waals surface area contributed by atoms with Crippen LogP contribution in [0.25, 0.3) is 22.0 Å². The first kappa shape index (κ1) is 37.1. The van der Waals surface area contributed by atoms with Gasteiger partial charge in [-0.05, 0) is 85.9 Å². The SMILES string of the molecule is Cc1c(Nc2nccc3cc(CN4CCC(O)C4)cnc23)cccc1-c1cccc(NC(=O)c2nc3c(n2C)CCN(CC2CCC(C(=O)O)CC2)C3)c1Cl. The van der Waals surface area contributed by atoms with Crippen LogP contribution in [-0.4, -0.2) is 83.7 Å². The fraction of sp³-hybridized carbons (Fsp3) is 0.405. The smallest absolute Gasteiger partial charge is 0.306 e. The molecule has 1 saturated carbocycles. The summed E-state index contributed by atoms with van der Waals surface area (Å²) in [7, 11) is 1.89. The lowest BCUT2D eigenvalue weighted by atomic mass is 9.81. The van der Waals surface area contributed by atoms with Gasteiger partial charge in [-0.25, -0.2) is 9.97 Å². The molecule has 8 rings (SSSR count). The molecule has 12 nitrogen and oxygen atoms in total. The van der Waals surface area contributed by atoms with Gasteiger partial charge in [-0.15, -0.1) is 0 Å². The van der Waals surface area contributed by atoms with Crippen molar-refractivity contribution >= 4 is 51.6 Å². The van der Waals surface area contributed by atoms with Crippen molar-refractivity contribution in [2.45, 2.75) is 64.6 Å². The second kappa shape index (κ2) is 15.7. The summed E-state index contributed by atoms with van der Waals surface area (Å²) >= 11 is 7.06. The van der Waals surface area contributed by atoms with Crippen LogP contribution in [0, 0.1) is 18.8 Å². The first-order valence-electron chi connectivity index (χ1n) is 19.2. The molecule has 1 aliphatic carbocycles. The molecule has 0 spiro atoms. The first-order valence-corrected chi connectivity index (χ1v) is 19.6. The van der Waals surface area contributed by atoms with Crippen molar-refractivity contribution in [2.24, 2.45) is 18.9 Å². The number of amides is 1. The van der Waals surface area contributed by atoms with Gasteiger partial charge in [-0.3, -0.25) is 24.4 Å². The number of carbonyl (C=O) groups excluding carboxylic acids is 1. The zero-order valence-corrected chi connectivity index (χ0v) is 32.0. The van der Waals surface area contributed by atoms with E-state index in [1.807, 2.05) is 61.1 Å². The Bertz CT molecular complexity index is 2250. The highest BCUT2D eigenvalue weighted by Crippen LogP contribution is 2.39. The van der Waals surface area contributed by atoms with Crippen molar-refractivity contribution in [2.75, 3.05) is 36.8 Å². The van der Waals surface area contributed by atoms with E-state index in [9.17, 15) is 19.8 Å². The zero-order valence-electron chi connectivity index (χ0n) is 31.3. The maximum atomic E-state index is 13.7. The topological polar surface area (TPSA) is 149 Å². The summed E-state index contributed by atoms with van der Waals surface area (Å²) in [5.74, 6) is 0.269. The second-order valence-electron chi connectivity index (χ2n) is 15.4. The number of rotatable bonds is 10. The van der Waals surface area contributed by atoms with Gasteiger partial charge >= 0.3 is 5.97 Å². The van der Waals surface area contributed by atoms with E-state index in [4.69, 9.17) is 21.6 Å². The number of pyridine rings is 2. The number of likely N-dealkylation sites (tertiary alicyclic amines) is 1. The van der Waals surface area contributed by atoms with Gasteiger partial charge in [0.1, 0.15) is 5.52 Å². The summed E-state index contributed by atoms with van der Waals surface area (Å²) in [6.07, 6.45) is 8.36. The minimum absolute atomic E-state index is 0.213. The van der Waals surface area contributed by atoms with Crippen molar-refractivity contribution in [3.63, 3.8) is 0 Å². The summed E-state index contributed by atoms with van der Waals surface area (Å²) in [4.78, 5) is 44.0. The molecule has 2 aromatic carbocycles. The Balaban J connectivity index is 0.959. The van der Waals surface area contributed by atoms with Crippen LogP contribution >= 0.6 is 11.6 Å². The number of β-amino-alcohol motifs (C(OH)–C–C–N with tert-alkyl or cyclic N) is 1. The number of aliphatic hydroxyl groups is 1. The molecule has 4 N–H and O–H groups in total. The number of hydrogen-bond donors (Lipinski definition) is 4. The highest BCUT2D eigenvalue weighted by molar-refractivity contribution is 6.36. The van der Waals surface area contributed by atoms with E-state index in [1.54, 1.807) is 12.3 Å². The molecule has 2 fully saturated rings. The molecule has 2 aliphatic heterocycles. The van der Waals surface area contributed by atoms with Crippen molar-refractivity contribution < 1.29 is 19.8 Å². The minimum Gasteiger partial charge on any atom is -0.481 e. The Hall–Kier alpha value is -4.88. The average molecular weight is 763 g/mol. The molecular weight excluding hydrogens is 716 g/mol. The first-order chi connectivity index (χ1) is 26.6. The molecule has 1 atom stereocenters. The number of aromatic nitrogens is 4. The highest BCUT2D eigenvalue weighted by Gasteiger charge is 2.30. The Kier molecular flexibility index (Phi) is 10.6. The number of halogens is 1.